The van der Waals surface area contributed by atoms with E-state index in [0.717, 1.165) is 12.1 Å². The van der Waals surface area contributed by atoms with E-state index in [1.807, 2.05) is 0 Å². The molecule has 0 aromatic heterocycles. The normalized spacial score (nSPS) is 19.1. The van der Waals surface area contributed by atoms with E-state index in [2.05, 4.69) is 5.32 Å². The first-order chi connectivity index (χ1) is 9.44. The van der Waals surface area contributed by atoms with Gasteiger partial charge in [0.05, 0.1) is 0 Å². The first-order valence-corrected chi connectivity index (χ1v) is 6.33. The summed E-state index contributed by atoms with van der Waals surface area (Å²) in [5, 5.41) is 11.9. The highest BCUT2D eigenvalue weighted by atomic mass is 19.3. The Labute approximate surface area is 114 Å². The summed E-state index contributed by atoms with van der Waals surface area (Å²) >= 11 is 0. The molecule has 0 amide bonds. The molecule has 1 atom stereocenters. The van der Waals surface area contributed by atoms with Gasteiger partial charge in [0.2, 0.25) is 0 Å². The van der Waals surface area contributed by atoms with Crippen LogP contribution in [-0.2, 0) is 0 Å². The number of aliphatic hydroxyl groups is 1. The monoisotopic (exact) mass is 292 g/mol. The molecule has 1 fully saturated rings. The summed E-state index contributed by atoms with van der Waals surface area (Å²) in [6, 6.07) is 0.869. The number of aliphatic hydroxyl groups excluding tert-OH is 1. The molecular formula is C13H16F4N2O. The fraction of sp³-hybridized carbons (Fsp3) is 0.538. The maximum absolute atomic E-state index is 14.0. The second-order valence-corrected chi connectivity index (χ2v) is 4.81. The molecule has 0 unspecified atom stereocenters. The quantitative estimate of drug-likeness (QED) is 0.826. The number of benzene rings is 1. The molecule has 1 aliphatic rings. The van der Waals surface area contributed by atoms with E-state index in [1.54, 1.807) is 0 Å². The van der Waals surface area contributed by atoms with Gasteiger partial charge < -0.3 is 10.4 Å². The van der Waals surface area contributed by atoms with Crippen LogP contribution in [0.4, 0.5) is 17.6 Å². The molecule has 1 aromatic carbocycles. The molecular weight excluding hydrogens is 276 g/mol. The molecule has 7 heteroatoms. The number of rotatable bonds is 4. The fourth-order valence-electron chi connectivity index (χ4n) is 2.48. The first-order valence-electron chi connectivity index (χ1n) is 6.33. The Bertz CT molecular complexity index is 443. The van der Waals surface area contributed by atoms with E-state index in [0.29, 0.717) is 32.2 Å². The number of halogens is 4. The fourth-order valence-corrected chi connectivity index (χ4v) is 2.48. The Balaban J connectivity index is 2.39. The van der Waals surface area contributed by atoms with Crippen molar-refractivity contribution in [2.45, 2.75) is 12.0 Å². The Kier molecular flexibility index (Phi) is 4.62. The van der Waals surface area contributed by atoms with Crippen molar-refractivity contribution < 1.29 is 22.7 Å². The molecule has 0 radical (unpaired) electrons. The molecule has 1 aromatic rings. The van der Waals surface area contributed by atoms with Crippen molar-refractivity contribution in [1.82, 2.24) is 10.2 Å². The minimum Gasteiger partial charge on any atom is -0.390 e. The van der Waals surface area contributed by atoms with E-state index in [4.69, 9.17) is 5.11 Å². The van der Waals surface area contributed by atoms with Crippen LogP contribution in [0.3, 0.4) is 0 Å². The van der Waals surface area contributed by atoms with Crippen LogP contribution in [0.5, 0.6) is 0 Å². The van der Waals surface area contributed by atoms with Crippen LogP contribution in [-0.4, -0.2) is 48.7 Å². The molecule has 112 valence electrons. The lowest BCUT2D eigenvalue weighted by molar-refractivity contribution is -0.118. The highest BCUT2D eigenvalue weighted by Crippen LogP contribution is 2.37. The van der Waals surface area contributed by atoms with Gasteiger partial charge in [-0.3, -0.25) is 4.90 Å². The first kappa shape index (κ1) is 15.2. The maximum Gasteiger partial charge on any atom is 0.289 e. The topological polar surface area (TPSA) is 35.5 Å². The van der Waals surface area contributed by atoms with Crippen molar-refractivity contribution in [2.75, 3.05) is 32.8 Å². The molecule has 0 spiro atoms. The SMILES string of the molecule is OCC(F)(F)[C@@H](c1cc(F)cc(F)c1)N1CCNCC1. The summed E-state index contributed by atoms with van der Waals surface area (Å²) in [5.41, 5.74) is -0.163. The molecule has 0 saturated carbocycles. The van der Waals surface area contributed by atoms with Crippen molar-refractivity contribution in [3.8, 4) is 0 Å². The Morgan fingerprint density at radius 2 is 1.70 bits per heavy atom. The Morgan fingerprint density at radius 1 is 1.15 bits per heavy atom. The lowest BCUT2D eigenvalue weighted by atomic mass is 9.98. The van der Waals surface area contributed by atoms with Crippen molar-refractivity contribution >= 4 is 0 Å². The molecule has 20 heavy (non-hydrogen) atoms. The van der Waals surface area contributed by atoms with Crippen LogP contribution < -0.4 is 5.32 Å². The summed E-state index contributed by atoms with van der Waals surface area (Å²) in [5.74, 6) is -5.29. The number of nitrogens with one attached hydrogen (secondary N) is 1. The van der Waals surface area contributed by atoms with Gasteiger partial charge in [0.15, 0.2) is 0 Å². The third kappa shape index (κ3) is 3.28. The molecule has 0 aliphatic carbocycles. The molecule has 1 saturated heterocycles. The summed E-state index contributed by atoms with van der Waals surface area (Å²) in [6.07, 6.45) is 0. The van der Waals surface area contributed by atoms with E-state index in [-0.39, 0.29) is 5.56 Å². The lowest BCUT2D eigenvalue weighted by Gasteiger charge is -2.38. The highest BCUT2D eigenvalue weighted by Gasteiger charge is 2.44. The lowest BCUT2D eigenvalue weighted by Crippen LogP contribution is -2.51. The van der Waals surface area contributed by atoms with E-state index in [1.165, 1.54) is 4.90 Å². The van der Waals surface area contributed by atoms with Crippen molar-refractivity contribution in [3.63, 3.8) is 0 Å². The third-order valence-electron chi connectivity index (χ3n) is 3.33. The second-order valence-electron chi connectivity index (χ2n) is 4.81. The molecule has 2 rings (SSSR count). The Hall–Kier alpha value is -1.18. The summed E-state index contributed by atoms with van der Waals surface area (Å²) in [6.45, 7) is 0.280. The van der Waals surface area contributed by atoms with E-state index in [9.17, 15) is 17.6 Å². The van der Waals surface area contributed by atoms with Crippen molar-refractivity contribution in [1.29, 1.82) is 0 Å². The van der Waals surface area contributed by atoms with Gasteiger partial charge in [-0.05, 0) is 17.7 Å². The van der Waals surface area contributed by atoms with Gasteiger partial charge in [-0.25, -0.2) is 17.6 Å². The van der Waals surface area contributed by atoms with Gasteiger partial charge in [-0.15, -0.1) is 0 Å². The van der Waals surface area contributed by atoms with Gasteiger partial charge in [-0.2, -0.15) is 0 Å². The molecule has 1 aliphatic heterocycles. The van der Waals surface area contributed by atoms with Gasteiger partial charge in [-0.1, -0.05) is 0 Å². The Morgan fingerprint density at radius 3 is 2.20 bits per heavy atom. The standard InChI is InChI=1S/C13H16F4N2O/c14-10-5-9(6-11(15)7-10)12(13(16,17)8-20)19-3-1-18-2-4-19/h5-7,12,18,20H,1-4,8H2/t12-/m1/s1. The molecule has 3 nitrogen and oxygen atoms in total. The van der Waals surface area contributed by atoms with Crippen LogP contribution in [0.1, 0.15) is 11.6 Å². The highest BCUT2D eigenvalue weighted by molar-refractivity contribution is 5.24. The average Bonchev–Trinajstić information content (AvgIpc) is 2.39. The second kappa shape index (κ2) is 6.07. The number of nitrogens with zero attached hydrogens (tertiary/aromatic N) is 1. The predicted octanol–water partition coefficient (Wildman–Crippen LogP) is 1.54. The maximum atomic E-state index is 14.0. The van der Waals surface area contributed by atoms with Crippen LogP contribution in [0.2, 0.25) is 0 Å². The minimum absolute atomic E-state index is 0.163. The number of alkyl halides is 2. The van der Waals surface area contributed by atoms with Crippen LogP contribution >= 0.6 is 0 Å². The van der Waals surface area contributed by atoms with Crippen molar-refractivity contribution in [3.05, 3.63) is 35.4 Å². The largest absolute Gasteiger partial charge is 0.390 e. The summed E-state index contributed by atoms with van der Waals surface area (Å²) in [7, 11) is 0. The molecule has 2 N–H and O–H groups in total. The van der Waals surface area contributed by atoms with Gasteiger partial charge in [0, 0.05) is 32.2 Å². The van der Waals surface area contributed by atoms with Crippen LogP contribution in [0.15, 0.2) is 18.2 Å². The van der Waals surface area contributed by atoms with E-state index >= 15 is 0 Å². The number of piperazine rings is 1. The average molecular weight is 292 g/mol. The summed E-state index contributed by atoms with van der Waals surface area (Å²) in [4.78, 5) is 1.43. The minimum atomic E-state index is -3.47. The zero-order chi connectivity index (χ0) is 14.8. The predicted molar refractivity (Wildman–Crippen MR) is 65.6 cm³/mol. The van der Waals surface area contributed by atoms with Crippen molar-refractivity contribution in [2.24, 2.45) is 0 Å². The van der Waals surface area contributed by atoms with E-state index < -0.39 is 30.2 Å². The molecule has 0 bridgehead atoms. The summed E-state index contributed by atoms with van der Waals surface area (Å²) < 4.78 is 54.5. The zero-order valence-electron chi connectivity index (χ0n) is 10.8. The third-order valence-corrected chi connectivity index (χ3v) is 3.33. The van der Waals surface area contributed by atoms with Gasteiger partial charge in [0.1, 0.15) is 24.3 Å². The van der Waals surface area contributed by atoms with Gasteiger partial charge >= 0.3 is 0 Å². The number of hydrogen-bond donors (Lipinski definition) is 2. The smallest absolute Gasteiger partial charge is 0.289 e. The van der Waals surface area contributed by atoms with Crippen LogP contribution in [0, 0.1) is 11.6 Å². The zero-order valence-corrected chi connectivity index (χ0v) is 10.8. The number of hydrogen-bond acceptors (Lipinski definition) is 3. The van der Waals surface area contributed by atoms with Crippen LogP contribution in [0.25, 0.3) is 0 Å². The molecule has 1 heterocycles. The van der Waals surface area contributed by atoms with Gasteiger partial charge in [0.25, 0.3) is 5.92 Å².